The van der Waals surface area contributed by atoms with Gasteiger partial charge in [0, 0.05) is 55.1 Å². The van der Waals surface area contributed by atoms with Crippen LogP contribution in [-0.2, 0) is 12.1 Å². The topological polar surface area (TPSA) is 139 Å². The quantitative estimate of drug-likeness (QED) is 0.152. The van der Waals surface area contributed by atoms with Gasteiger partial charge in [0.2, 0.25) is 5.95 Å². The Morgan fingerprint density at radius 1 is 0.865 bits per heavy atom. The van der Waals surface area contributed by atoms with Gasteiger partial charge in [0.1, 0.15) is 35.7 Å². The molecule has 274 valence electrons. The summed E-state index contributed by atoms with van der Waals surface area (Å²) in [5, 5.41) is 19.5. The maximum atomic E-state index is 14.9. The molecule has 0 aliphatic carbocycles. The number of hydrogen-bond acceptors (Lipinski definition) is 10. The molecule has 12 nitrogen and oxygen atoms in total. The van der Waals surface area contributed by atoms with Crippen LogP contribution in [0.25, 0.3) is 22.6 Å². The fraction of sp³-hybridized carbons (Fsp3) is 0.432. The zero-order chi connectivity index (χ0) is 36.1. The van der Waals surface area contributed by atoms with E-state index in [1.165, 1.54) is 41.6 Å². The minimum atomic E-state index is -1.60. The number of nitrogens with zero attached hydrogens (tertiary/aromatic N) is 9. The third-order valence-corrected chi connectivity index (χ3v) is 10.3. The zero-order valence-corrected chi connectivity index (χ0v) is 29.0. The van der Waals surface area contributed by atoms with E-state index in [1.54, 1.807) is 18.3 Å². The van der Waals surface area contributed by atoms with E-state index >= 15 is 0 Å². The summed E-state index contributed by atoms with van der Waals surface area (Å²) in [4.78, 5) is 21.9. The maximum absolute atomic E-state index is 14.9. The molecule has 1 atom stereocenters. The van der Waals surface area contributed by atoms with Crippen molar-refractivity contribution in [1.29, 1.82) is 0 Å². The summed E-state index contributed by atoms with van der Waals surface area (Å²) in [6, 6.07) is 12.1. The summed E-state index contributed by atoms with van der Waals surface area (Å²) in [6.07, 6.45) is 11.1. The molecule has 5 heterocycles. The van der Waals surface area contributed by atoms with Crippen LogP contribution in [-0.4, -0.2) is 101 Å². The Bertz CT molecular complexity index is 1910. The van der Waals surface area contributed by atoms with E-state index in [-0.39, 0.29) is 36.5 Å². The van der Waals surface area contributed by atoms with Crippen molar-refractivity contribution >= 4 is 5.95 Å². The number of aliphatic hydroxyl groups is 1. The summed E-state index contributed by atoms with van der Waals surface area (Å²) in [6.45, 7) is 5.51. The number of nitrogens with one attached hydrogen (secondary N) is 1. The second-order valence-electron chi connectivity index (χ2n) is 13.8. The number of aromatic nitrogens is 7. The van der Waals surface area contributed by atoms with E-state index in [0.29, 0.717) is 11.7 Å². The third kappa shape index (κ3) is 8.33. The number of halogens is 3. The Labute approximate surface area is 300 Å². The second-order valence-corrected chi connectivity index (χ2v) is 13.8. The molecule has 0 saturated carbocycles. The molecule has 0 amide bonds. The molecule has 0 unspecified atom stereocenters. The smallest absolute Gasteiger partial charge is 0.220 e. The highest BCUT2D eigenvalue weighted by molar-refractivity contribution is 5.77. The first-order valence-electron chi connectivity index (χ1n) is 17.8. The first kappa shape index (κ1) is 35.7. The second kappa shape index (κ2) is 15.9. The van der Waals surface area contributed by atoms with Gasteiger partial charge in [0.15, 0.2) is 0 Å². The molecule has 2 aliphatic heterocycles. The highest BCUT2D eigenvalue weighted by atomic mass is 19.1. The van der Waals surface area contributed by atoms with E-state index in [0.717, 1.165) is 94.4 Å². The van der Waals surface area contributed by atoms with Crippen LogP contribution in [0.15, 0.2) is 73.7 Å². The molecule has 2 aliphatic rings. The van der Waals surface area contributed by atoms with Crippen LogP contribution in [0, 0.1) is 17.5 Å². The number of β-amino-alcohol motifs (C(OH)–C–C–N with tert-alkyl or cyclic N) is 1. The van der Waals surface area contributed by atoms with Crippen molar-refractivity contribution in [2.75, 3.05) is 51.5 Å². The van der Waals surface area contributed by atoms with Crippen LogP contribution in [0.2, 0.25) is 0 Å². The molecule has 3 aromatic heterocycles. The summed E-state index contributed by atoms with van der Waals surface area (Å²) in [5.41, 5.74) is 7.49. The average Bonchev–Trinajstić information content (AvgIpc) is 3.82. The van der Waals surface area contributed by atoms with Crippen molar-refractivity contribution in [3.8, 4) is 22.6 Å². The van der Waals surface area contributed by atoms with Gasteiger partial charge >= 0.3 is 0 Å². The van der Waals surface area contributed by atoms with Crippen LogP contribution in [0.4, 0.5) is 19.1 Å². The molecular formula is C37H44F3N11O. The predicted octanol–water partition coefficient (Wildman–Crippen LogP) is 4.27. The summed E-state index contributed by atoms with van der Waals surface area (Å²) >= 11 is 0. The molecule has 15 heteroatoms. The van der Waals surface area contributed by atoms with Crippen LogP contribution in [0.3, 0.4) is 0 Å². The number of imidazole rings is 1. The Morgan fingerprint density at radius 3 is 2.33 bits per heavy atom. The van der Waals surface area contributed by atoms with Crippen LogP contribution in [0.5, 0.6) is 0 Å². The lowest BCUT2D eigenvalue weighted by molar-refractivity contribution is -0.0272. The molecular weight excluding hydrogens is 671 g/mol. The Kier molecular flexibility index (Phi) is 10.9. The number of piperidine rings is 2. The largest absolute Gasteiger partial charge is 0.382 e. The fourth-order valence-electron chi connectivity index (χ4n) is 7.58. The minimum Gasteiger partial charge on any atom is -0.382 e. The predicted molar refractivity (Wildman–Crippen MR) is 190 cm³/mol. The van der Waals surface area contributed by atoms with Crippen LogP contribution < -0.4 is 11.1 Å². The molecule has 7 rings (SSSR count). The number of hydrogen-bond donors (Lipinski definition) is 3. The van der Waals surface area contributed by atoms with E-state index in [9.17, 15) is 18.3 Å². The van der Waals surface area contributed by atoms with Gasteiger partial charge in [-0.3, -0.25) is 4.90 Å². The standard InChI is InChI=1S/C37H44F3N11O/c38-27-4-2-26(3-5-27)34-35(33-8-14-44-36(41)47-33)51(25-45-34)30-11-18-48(19-12-30)15-1-13-43-29-9-16-49(17-10-29)21-37(52,22-50-24-42-23-46-50)31-7-6-28(39)20-32(31)40/h2-8,14,20,23-25,29-30,43,52H,1,9-13,15-19,21-22H2,(H2,41,44,47)/t37-/m1/s1. The molecule has 2 aromatic carbocycles. The molecule has 0 radical (unpaired) electrons. The lowest BCUT2D eigenvalue weighted by Crippen LogP contribution is -2.50. The van der Waals surface area contributed by atoms with E-state index in [4.69, 9.17) is 10.7 Å². The van der Waals surface area contributed by atoms with Gasteiger partial charge in [0.25, 0.3) is 0 Å². The van der Waals surface area contributed by atoms with Crippen molar-refractivity contribution in [2.24, 2.45) is 0 Å². The summed E-state index contributed by atoms with van der Waals surface area (Å²) in [7, 11) is 0. The number of benzene rings is 2. The molecule has 0 bridgehead atoms. The van der Waals surface area contributed by atoms with E-state index in [2.05, 4.69) is 39.7 Å². The normalized spacial score (nSPS) is 17.8. The molecule has 52 heavy (non-hydrogen) atoms. The first-order valence-corrected chi connectivity index (χ1v) is 17.8. The van der Waals surface area contributed by atoms with Gasteiger partial charge in [-0.1, -0.05) is 6.07 Å². The van der Waals surface area contributed by atoms with Gasteiger partial charge in [-0.15, -0.1) is 0 Å². The van der Waals surface area contributed by atoms with Gasteiger partial charge in [-0.05, 0) is 94.7 Å². The van der Waals surface area contributed by atoms with Gasteiger partial charge < -0.3 is 25.6 Å². The zero-order valence-electron chi connectivity index (χ0n) is 29.0. The lowest BCUT2D eigenvalue weighted by atomic mass is 9.91. The number of rotatable bonds is 13. The Hall–Kier alpha value is -4.70. The minimum absolute atomic E-state index is 0.00255. The highest BCUT2D eigenvalue weighted by Crippen LogP contribution is 2.35. The lowest BCUT2D eigenvalue weighted by Gasteiger charge is -2.38. The number of anilines is 1. The number of likely N-dealkylation sites (tertiary alicyclic amines) is 2. The maximum Gasteiger partial charge on any atom is 0.220 e. The van der Waals surface area contributed by atoms with Crippen molar-refractivity contribution in [2.45, 2.75) is 56.3 Å². The molecule has 2 fully saturated rings. The van der Waals surface area contributed by atoms with Crippen LogP contribution in [0.1, 0.15) is 43.7 Å². The first-order chi connectivity index (χ1) is 25.2. The molecule has 5 aromatic rings. The SMILES string of the molecule is Nc1nccc(-c2c(-c3ccc(F)cc3)ncn2C2CCN(CCCNC3CCN(C[C@@](O)(Cn4cncn4)c4ccc(F)cc4F)CC3)CC2)n1. The summed E-state index contributed by atoms with van der Waals surface area (Å²) < 4.78 is 45.9. The van der Waals surface area contributed by atoms with Crippen molar-refractivity contribution in [3.05, 3.63) is 96.7 Å². The van der Waals surface area contributed by atoms with Crippen molar-refractivity contribution < 1.29 is 18.3 Å². The molecule has 2 saturated heterocycles. The van der Waals surface area contributed by atoms with E-state index in [1.807, 2.05) is 12.4 Å². The van der Waals surface area contributed by atoms with Gasteiger partial charge in [-0.25, -0.2) is 37.8 Å². The number of nitrogens with two attached hydrogens (primary N) is 1. The van der Waals surface area contributed by atoms with E-state index < -0.39 is 17.2 Å². The number of nitrogen functional groups attached to an aromatic ring is 1. The molecule has 4 N–H and O–H groups in total. The van der Waals surface area contributed by atoms with Crippen LogP contribution >= 0.6 is 0 Å². The third-order valence-electron chi connectivity index (χ3n) is 10.3. The summed E-state index contributed by atoms with van der Waals surface area (Å²) in [5.74, 6) is -1.58. The molecule has 0 spiro atoms. The van der Waals surface area contributed by atoms with Gasteiger partial charge in [-0.2, -0.15) is 5.10 Å². The van der Waals surface area contributed by atoms with Crippen molar-refractivity contribution in [3.63, 3.8) is 0 Å². The van der Waals surface area contributed by atoms with Gasteiger partial charge in [0.05, 0.1) is 30.0 Å². The average molecular weight is 716 g/mol. The Morgan fingerprint density at radius 2 is 1.62 bits per heavy atom. The monoisotopic (exact) mass is 715 g/mol. The fourth-order valence-corrected chi connectivity index (χ4v) is 7.58. The highest BCUT2D eigenvalue weighted by Gasteiger charge is 2.36. The van der Waals surface area contributed by atoms with Crippen molar-refractivity contribution in [1.82, 2.24) is 49.4 Å². The Balaban J connectivity index is 0.881.